The Morgan fingerprint density at radius 3 is 2.52 bits per heavy atom. The number of carbonyl (C=O) groups is 1. The molecule has 0 bridgehead atoms. The maximum Gasteiger partial charge on any atom is 0.243 e. The van der Waals surface area contributed by atoms with Crippen molar-refractivity contribution in [3.05, 3.63) is 65.2 Å². The fraction of sp³-hybridized carbons (Fsp3) is 0.316. The molecule has 0 fully saturated rings. The minimum absolute atomic E-state index is 0.347. The van der Waals surface area contributed by atoms with Gasteiger partial charge in [0, 0.05) is 23.1 Å². The predicted octanol–water partition coefficient (Wildman–Crippen LogP) is 3.54. The van der Waals surface area contributed by atoms with Crippen LogP contribution in [0.25, 0.3) is 0 Å². The number of hydrogen-bond acceptors (Lipinski definition) is 4. The van der Waals surface area contributed by atoms with E-state index in [0.717, 1.165) is 22.1 Å². The molecule has 2 aromatic carbocycles. The molecule has 0 saturated heterocycles. The van der Waals surface area contributed by atoms with Crippen molar-refractivity contribution in [2.24, 2.45) is 0 Å². The minimum atomic E-state index is -3.64. The van der Waals surface area contributed by atoms with E-state index in [2.05, 4.69) is 17.4 Å². The monoisotopic (exact) mass is 426 g/mol. The molecule has 0 spiro atoms. The number of nitrogens with zero attached hydrogens (tertiary/aromatic N) is 1. The Balaban J connectivity index is 1.91. The SMILES string of the molecule is CC(C(=O)NCCSCc1ccccc1)N(c1cccc(Cl)c1)S(C)(=O)=O. The summed E-state index contributed by atoms with van der Waals surface area (Å²) in [6, 6.07) is 15.7. The zero-order valence-electron chi connectivity index (χ0n) is 15.3. The first kappa shape index (κ1) is 21.6. The summed E-state index contributed by atoms with van der Waals surface area (Å²) in [5.74, 6) is 1.26. The number of nitrogens with one attached hydrogen (secondary N) is 1. The van der Waals surface area contributed by atoms with Gasteiger partial charge in [0.2, 0.25) is 15.9 Å². The van der Waals surface area contributed by atoms with Crippen molar-refractivity contribution in [1.82, 2.24) is 5.32 Å². The lowest BCUT2D eigenvalue weighted by Crippen LogP contribution is -2.48. The second-order valence-electron chi connectivity index (χ2n) is 6.04. The van der Waals surface area contributed by atoms with Crippen molar-refractivity contribution in [2.45, 2.75) is 18.7 Å². The smallest absolute Gasteiger partial charge is 0.243 e. The molecule has 0 heterocycles. The lowest BCUT2D eigenvalue weighted by atomic mass is 10.2. The van der Waals surface area contributed by atoms with Crippen LogP contribution in [0, 0.1) is 0 Å². The number of amides is 1. The van der Waals surface area contributed by atoms with Gasteiger partial charge in [-0.3, -0.25) is 9.10 Å². The summed E-state index contributed by atoms with van der Waals surface area (Å²) in [7, 11) is -3.64. The predicted molar refractivity (Wildman–Crippen MR) is 114 cm³/mol. The van der Waals surface area contributed by atoms with E-state index in [0.29, 0.717) is 17.3 Å². The number of benzene rings is 2. The van der Waals surface area contributed by atoms with Gasteiger partial charge in [-0.25, -0.2) is 8.42 Å². The van der Waals surface area contributed by atoms with Gasteiger partial charge in [-0.2, -0.15) is 11.8 Å². The van der Waals surface area contributed by atoms with Crippen molar-refractivity contribution >= 4 is 45.0 Å². The van der Waals surface area contributed by atoms with E-state index < -0.39 is 16.1 Å². The molecule has 0 aliphatic rings. The van der Waals surface area contributed by atoms with Gasteiger partial charge in [-0.05, 0) is 30.7 Å². The van der Waals surface area contributed by atoms with Crippen LogP contribution in [0.15, 0.2) is 54.6 Å². The average molecular weight is 427 g/mol. The Morgan fingerprint density at radius 1 is 1.19 bits per heavy atom. The van der Waals surface area contributed by atoms with Crippen LogP contribution in [0.5, 0.6) is 0 Å². The zero-order valence-corrected chi connectivity index (χ0v) is 17.7. The molecule has 2 aromatic rings. The lowest BCUT2D eigenvalue weighted by molar-refractivity contribution is -0.121. The van der Waals surface area contributed by atoms with Gasteiger partial charge in [0.05, 0.1) is 11.9 Å². The summed E-state index contributed by atoms with van der Waals surface area (Å²) in [5.41, 5.74) is 1.59. The second kappa shape index (κ2) is 10.0. The van der Waals surface area contributed by atoms with Crippen molar-refractivity contribution in [3.63, 3.8) is 0 Å². The van der Waals surface area contributed by atoms with Crippen LogP contribution in [0.2, 0.25) is 5.02 Å². The quantitative estimate of drug-likeness (QED) is 0.623. The summed E-state index contributed by atoms with van der Waals surface area (Å²) < 4.78 is 25.5. The molecule has 1 amide bonds. The molecule has 8 heteroatoms. The Morgan fingerprint density at radius 2 is 1.89 bits per heavy atom. The number of rotatable bonds is 9. The van der Waals surface area contributed by atoms with Gasteiger partial charge in [-0.1, -0.05) is 48.0 Å². The maximum atomic E-state index is 12.5. The van der Waals surface area contributed by atoms with Gasteiger partial charge in [0.25, 0.3) is 0 Å². The highest BCUT2D eigenvalue weighted by atomic mass is 35.5. The zero-order chi connectivity index (χ0) is 19.9. The summed E-state index contributed by atoms with van der Waals surface area (Å²) in [6.07, 6.45) is 1.08. The van der Waals surface area contributed by atoms with E-state index in [1.807, 2.05) is 18.2 Å². The highest BCUT2D eigenvalue weighted by molar-refractivity contribution is 7.98. The molecule has 146 valence electrons. The fourth-order valence-electron chi connectivity index (χ4n) is 2.58. The van der Waals surface area contributed by atoms with Crippen LogP contribution < -0.4 is 9.62 Å². The van der Waals surface area contributed by atoms with Crippen molar-refractivity contribution in [3.8, 4) is 0 Å². The van der Waals surface area contributed by atoms with Crippen LogP contribution >= 0.6 is 23.4 Å². The van der Waals surface area contributed by atoms with E-state index >= 15 is 0 Å². The van der Waals surface area contributed by atoms with Crippen molar-refractivity contribution in [2.75, 3.05) is 22.9 Å². The molecular weight excluding hydrogens is 404 g/mol. The number of anilines is 1. The Bertz CT molecular complexity index is 860. The molecule has 0 saturated carbocycles. The van der Waals surface area contributed by atoms with E-state index in [1.165, 1.54) is 11.6 Å². The van der Waals surface area contributed by atoms with Gasteiger partial charge in [0.15, 0.2) is 0 Å². The normalized spacial score (nSPS) is 12.4. The van der Waals surface area contributed by atoms with Crippen LogP contribution in [0.3, 0.4) is 0 Å². The molecule has 1 atom stereocenters. The molecule has 1 N–H and O–H groups in total. The fourth-order valence-corrected chi connectivity index (χ4v) is 4.75. The summed E-state index contributed by atoms with van der Waals surface area (Å²) in [4.78, 5) is 12.5. The molecule has 27 heavy (non-hydrogen) atoms. The standard InChI is InChI=1S/C19H23ClN2O3S2/c1-15(22(27(2,24)25)18-10-6-9-17(20)13-18)19(23)21-11-12-26-14-16-7-4-3-5-8-16/h3-10,13,15H,11-12,14H2,1-2H3,(H,21,23). The second-order valence-corrected chi connectivity index (χ2v) is 9.44. The topological polar surface area (TPSA) is 66.5 Å². The van der Waals surface area contributed by atoms with Gasteiger partial charge >= 0.3 is 0 Å². The first-order chi connectivity index (χ1) is 12.8. The van der Waals surface area contributed by atoms with Crippen LogP contribution in [0.1, 0.15) is 12.5 Å². The molecule has 0 radical (unpaired) electrons. The van der Waals surface area contributed by atoms with Crippen LogP contribution in [-0.4, -0.2) is 38.9 Å². The third-order valence-electron chi connectivity index (χ3n) is 3.81. The summed E-state index contributed by atoms with van der Waals surface area (Å²) >= 11 is 7.68. The first-order valence-corrected chi connectivity index (χ1v) is 11.8. The molecule has 0 aliphatic heterocycles. The first-order valence-electron chi connectivity index (χ1n) is 8.43. The van der Waals surface area contributed by atoms with Crippen molar-refractivity contribution < 1.29 is 13.2 Å². The Hall–Kier alpha value is -1.70. The molecular formula is C19H23ClN2O3S2. The molecule has 1 unspecified atom stereocenters. The van der Waals surface area contributed by atoms with Crippen LogP contribution in [0.4, 0.5) is 5.69 Å². The number of sulfonamides is 1. The minimum Gasteiger partial charge on any atom is -0.353 e. The number of halogens is 1. The molecule has 0 aliphatic carbocycles. The lowest BCUT2D eigenvalue weighted by Gasteiger charge is -2.28. The number of hydrogen-bond donors (Lipinski definition) is 1. The molecule has 0 aromatic heterocycles. The summed E-state index contributed by atoms with van der Waals surface area (Å²) in [5, 5.41) is 3.22. The van der Waals surface area contributed by atoms with E-state index in [-0.39, 0.29) is 5.91 Å². The highest BCUT2D eigenvalue weighted by Crippen LogP contribution is 2.24. The third kappa shape index (κ3) is 6.75. The Kier molecular flexibility index (Phi) is 8.01. The van der Waals surface area contributed by atoms with Gasteiger partial charge in [0.1, 0.15) is 6.04 Å². The summed E-state index contributed by atoms with van der Waals surface area (Å²) in [6.45, 7) is 2.03. The number of carbonyl (C=O) groups excluding carboxylic acids is 1. The molecule has 2 rings (SSSR count). The molecule has 5 nitrogen and oxygen atoms in total. The van der Waals surface area contributed by atoms with E-state index in [9.17, 15) is 13.2 Å². The Labute approximate surface area is 170 Å². The third-order valence-corrected chi connectivity index (χ3v) is 6.32. The van der Waals surface area contributed by atoms with Gasteiger partial charge < -0.3 is 5.32 Å². The van der Waals surface area contributed by atoms with Crippen molar-refractivity contribution in [1.29, 1.82) is 0 Å². The van der Waals surface area contributed by atoms with E-state index in [1.54, 1.807) is 36.9 Å². The van der Waals surface area contributed by atoms with E-state index in [4.69, 9.17) is 11.6 Å². The van der Waals surface area contributed by atoms with Gasteiger partial charge in [-0.15, -0.1) is 0 Å². The largest absolute Gasteiger partial charge is 0.353 e. The highest BCUT2D eigenvalue weighted by Gasteiger charge is 2.28. The average Bonchev–Trinajstić information content (AvgIpc) is 2.61. The van der Waals surface area contributed by atoms with Crippen LogP contribution in [-0.2, 0) is 20.6 Å². The number of thioether (sulfide) groups is 1. The maximum absolute atomic E-state index is 12.5.